The van der Waals surface area contributed by atoms with Crippen molar-refractivity contribution >= 4 is 85.4 Å². The van der Waals surface area contributed by atoms with E-state index in [2.05, 4.69) is 5.32 Å². The second-order valence-corrected chi connectivity index (χ2v) is 14.2. The van der Waals surface area contributed by atoms with Gasteiger partial charge >= 0.3 is 4.87 Å². The minimum absolute atomic E-state index is 0.120. The minimum Gasteiger partial charge on any atom is -0.325 e. The molecule has 3 N–H and O–H groups in total. The Kier molecular flexibility index (Phi) is 7.73. The molecule has 43 heavy (non-hydrogen) atoms. The molecule has 0 aliphatic carbocycles. The number of hydrogen-bond donors (Lipinski definition) is 2. The smallest absolute Gasteiger partial charge is 0.308 e. The Balaban J connectivity index is 1.39. The number of anilines is 2. The van der Waals surface area contributed by atoms with Gasteiger partial charge in [0.1, 0.15) is 11.8 Å². The van der Waals surface area contributed by atoms with E-state index in [0.29, 0.717) is 26.8 Å². The SMILES string of the molecule is NS(=O)(=O)c1ccc(NC(=O)Cn2c3c(sc2=O)C(c2cccc(Cl)c2Cl)C2C(=O)N(c4ccccc4)C(=O)C2S3)cc1. The van der Waals surface area contributed by atoms with Crippen LogP contribution in [0.2, 0.25) is 10.0 Å². The third-order valence-corrected chi connectivity index (χ3v) is 11.5. The van der Waals surface area contributed by atoms with Gasteiger partial charge in [-0.3, -0.25) is 23.7 Å². The number of para-hydroxylation sites is 1. The molecule has 3 unspecified atom stereocenters. The number of aromatic nitrogens is 1. The lowest BCUT2D eigenvalue weighted by Gasteiger charge is -2.31. The van der Waals surface area contributed by atoms with Crippen LogP contribution in [0.5, 0.6) is 0 Å². The first-order valence-corrected chi connectivity index (χ1v) is 16.6. The molecule has 3 amide bonds. The van der Waals surface area contributed by atoms with E-state index in [0.717, 1.165) is 28.0 Å². The van der Waals surface area contributed by atoms with Crippen molar-refractivity contribution in [3.63, 3.8) is 0 Å². The second kappa shape index (κ2) is 11.2. The maximum atomic E-state index is 13.9. The summed E-state index contributed by atoms with van der Waals surface area (Å²) in [6.07, 6.45) is 0. The number of nitrogens with zero attached hydrogens (tertiary/aromatic N) is 2. The number of carbonyl (C=O) groups excluding carboxylic acids is 3. The number of nitrogens with one attached hydrogen (secondary N) is 1. The monoisotopic (exact) mass is 674 g/mol. The predicted octanol–water partition coefficient (Wildman–Crippen LogP) is 4.30. The van der Waals surface area contributed by atoms with E-state index in [1.165, 1.54) is 28.8 Å². The van der Waals surface area contributed by atoms with Gasteiger partial charge < -0.3 is 5.32 Å². The molecule has 3 aromatic carbocycles. The first-order valence-electron chi connectivity index (χ1n) is 12.7. The number of sulfonamides is 1. The first kappa shape index (κ1) is 29.6. The quantitative estimate of drug-likeness (QED) is 0.290. The highest BCUT2D eigenvalue weighted by Gasteiger charge is 2.57. The summed E-state index contributed by atoms with van der Waals surface area (Å²) in [6, 6.07) is 18.8. The Morgan fingerprint density at radius 3 is 2.30 bits per heavy atom. The van der Waals surface area contributed by atoms with Crippen LogP contribution in [0.25, 0.3) is 0 Å². The highest BCUT2D eigenvalue weighted by Crippen LogP contribution is 2.55. The Morgan fingerprint density at radius 1 is 0.930 bits per heavy atom. The largest absolute Gasteiger partial charge is 0.325 e. The minimum atomic E-state index is -3.91. The molecule has 0 bridgehead atoms. The molecular weight excluding hydrogens is 655 g/mol. The molecule has 3 atom stereocenters. The van der Waals surface area contributed by atoms with Crippen LogP contribution in [0.15, 0.2) is 87.5 Å². The van der Waals surface area contributed by atoms with Gasteiger partial charge in [-0.2, -0.15) is 0 Å². The summed E-state index contributed by atoms with van der Waals surface area (Å²) in [5, 5.41) is 7.72. The van der Waals surface area contributed by atoms with Gasteiger partial charge in [-0.25, -0.2) is 18.5 Å². The fourth-order valence-electron chi connectivity index (χ4n) is 5.25. The summed E-state index contributed by atoms with van der Waals surface area (Å²) in [7, 11) is -3.91. The number of nitrogens with two attached hydrogens (primary N) is 1. The number of carbonyl (C=O) groups is 3. The van der Waals surface area contributed by atoms with Crippen LogP contribution < -0.4 is 20.2 Å². The van der Waals surface area contributed by atoms with E-state index in [1.54, 1.807) is 48.5 Å². The summed E-state index contributed by atoms with van der Waals surface area (Å²) < 4.78 is 24.3. The van der Waals surface area contributed by atoms with Crippen molar-refractivity contribution in [2.24, 2.45) is 11.1 Å². The van der Waals surface area contributed by atoms with Gasteiger partial charge in [-0.05, 0) is 48.0 Å². The number of thioether (sulfide) groups is 1. The lowest BCUT2D eigenvalue weighted by atomic mass is 9.83. The van der Waals surface area contributed by atoms with Crippen molar-refractivity contribution in [3.8, 4) is 0 Å². The van der Waals surface area contributed by atoms with Crippen molar-refractivity contribution in [3.05, 3.63) is 103 Å². The second-order valence-electron chi connectivity index (χ2n) is 9.77. The maximum Gasteiger partial charge on any atom is 0.308 e. The molecule has 15 heteroatoms. The highest BCUT2D eigenvalue weighted by atomic mass is 35.5. The zero-order chi connectivity index (χ0) is 30.6. The van der Waals surface area contributed by atoms with E-state index >= 15 is 0 Å². The number of fused-ring (bicyclic) bond motifs is 2. The normalized spacial score (nSPS) is 19.7. The van der Waals surface area contributed by atoms with E-state index in [-0.39, 0.29) is 14.9 Å². The summed E-state index contributed by atoms with van der Waals surface area (Å²) in [5.41, 5.74) is 1.22. The van der Waals surface area contributed by atoms with Crippen LogP contribution in [0.4, 0.5) is 11.4 Å². The number of imide groups is 1. The summed E-state index contributed by atoms with van der Waals surface area (Å²) in [5.74, 6) is -3.08. The van der Waals surface area contributed by atoms with Gasteiger partial charge in [0.25, 0.3) is 0 Å². The maximum absolute atomic E-state index is 13.9. The molecule has 220 valence electrons. The lowest BCUT2D eigenvalue weighted by Crippen LogP contribution is -2.33. The number of hydrogen-bond acceptors (Lipinski definition) is 8. The number of thiazole rings is 1. The van der Waals surface area contributed by atoms with Gasteiger partial charge in [-0.15, -0.1) is 0 Å². The average Bonchev–Trinajstić information content (AvgIpc) is 3.41. The molecule has 0 saturated carbocycles. The lowest BCUT2D eigenvalue weighted by molar-refractivity contribution is -0.122. The summed E-state index contributed by atoms with van der Waals surface area (Å²) >= 11 is 14.9. The van der Waals surface area contributed by atoms with Crippen molar-refractivity contribution in [2.75, 3.05) is 10.2 Å². The number of halogens is 2. The number of amides is 3. The van der Waals surface area contributed by atoms with E-state index in [9.17, 15) is 27.6 Å². The Hall–Kier alpha value is -3.46. The van der Waals surface area contributed by atoms with Crippen LogP contribution in [-0.2, 0) is 31.0 Å². The molecule has 10 nitrogen and oxygen atoms in total. The molecule has 1 saturated heterocycles. The van der Waals surface area contributed by atoms with Crippen molar-refractivity contribution < 1.29 is 22.8 Å². The van der Waals surface area contributed by atoms with Crippen molar-refractivity contribution in [2.45, 2.75) is 27.6 Å². The van der Waals surface area contributed by atoms with Gasteiger partial charge in [-0.1, -0.05) is 76.6 Å². The molecule has 1 fully saturated rings. The molecule has 3 heterocycles. The van der Waals surface area contributed by atoms with Gasteiger partial charge in [0.15, 0.2) is 0 Å². The van der Waals surface area contributed by atoms with E-state index in [1.807, 2.05) is 0 Å². The number of benzene rings is 3. The van der Waals surface area contributed by atoms with Gasteiger partial charge in [0.2, 0.25) is 27.7 Å². The predicted molar refractivity (Wildman–Crippen MR) is 165 cm³/mol. The van der Waals surface area contributed by atoms with E-state index < -0.39 is 56.2 Å². The summed E-state index contributed by atoms with van der Waals surface area (Å²) in [6.45, 7) is -0.396. The standard InChI is InChI=1S/C28H20Cl2N4O6S3/c29-18-8-4-7-17(22(18)30)20-21-23(26(37)34(25(21)36)15-5-2-1-3-6-15)41-27-24(20)42-28(38)33(27)13-19(35)32-14-9-11-16(12-10-14)43(31,39)40/h1-12,20-21,23H,13H2,(H,32,35)(H2,31,39,40). The zero-order valence-electron chi connectivity index (χ0n) is 21.8. The molecule has 2 aliphatic heterocycles. The fourth-order valence-corrected chi connectivity index (χ4v) is 8.96. The topological polar surface area (TPSA) is 149 Å². The fraction of sp³-hybridized carbons (Fsp3) is 0.143. The van der Waals surface area contributed by atoms with Crippen molar-refractivity contribution in [1.82, 2.24) is 4.57 Å². The molecule has 2 aliphatic rings. The Labute approximate surface area is 263 Å². The van der Waals surface area contributed by atoms with Crippen LogP contribution in [0.1, 0.15) is 16.4 Å². The molecular formula is C28H20Cl2N4O6S3. The van der Waals surface area contributed by atoms with Crippen LogP contribution >= 0.6 is 46.3 Å². The zero-order valence-corrected chi connectivity index (χ0v) is 25.7. The highest BCUT2D eigenvalue weighted by molar-refractivity contribution is 8.00. The summed E-state index contributed by atoms with van der Waals surface area (Å²) in [4.78, 5) is 55.1. The first-order chi connectivity index (χ1) is 20.5. The Bertz CT molecular complexity index is 1960. The van der Waals surface area contributed by atoms with Crippen molar-refractivity contribution in [1.29, 1.82) is 0 Å². The van der Waals surface area contributed by atoms with Crippen LogP contribution in [0, 0.1) is 5.92 Å². The Morgan fingerprint density at radius 2 is 1.63 bits per heavy atom. The van der Waals surface area contributed by atoms with E-state index in [4.69, 9.17) is 28.3 Å². The number of rotatable bonds is 6. The van der Waals surface area contributed by atoms with Gasteiger partial charge in [0, 0.05) is 16.5 Å². The van der Waals surface area contributed by atoms with Crippen LogP contribution in [0.3, 0.4) is 0 Å². The average molecular weight is 676 g/mol. The van der Waals surface area contributed by atoms with Crippen LogP contribution in [-0.4, -0.2) is 36.0 Å². The number of primary sulfonamides is 1. The molecule has 0 spiro atoms. The third kappa shape index (κ3) is 5.30. The molecule has 4 aromatic rings. The molecule has 1 aromatic heterocycles. The molecule has 6 rings (SSSR count). The molecule has 0 radical (unpaired) electrons. The van der Waals surface area contributed by atoms with Gasteiger partial charge in [0.05, 0.1) is 31.6 Å². The third-order valence-electron chi connectivity index (χ3n) is 7.15.